The maximum absolute atomic E-state index is 13.3. The smallest absolute Gasteiger partial charge is 0.138 e. The summed E-state index contributed by atoms with van der Waals surface area (Å²) in [5, 5.41) is 9.79. The second kappa shape index (κ2) is 7.80. The van der Waals surface area contributed by atoms with Gasteiger partial charge in [0.15, 0.2) is 0 Å². The molecule has 0 fully saturated rings. The predicted octanol–water partition coefficient (Wildman–Crippen LogP) is 5.72. The predicted molar refractivity (Wildman–Crippen MR) is 91.7 cm³/mol. The van der Waals surface area contributed by atoms with Crippen LogP contribution in [0.1, 0.15) is 31.4 Å². The molecule has 0 saturated carbocycles. The van der Waals surface area contributed by atoms with Gasteiger partial charge in [0, 0.05) is 0 Å². The molecule has 0 aliphatic carbocycles. The van der Waals surface area contributed by atoms with Gasteiger partial charge in [0.2, 0.25) is 0 Å². The second-order valence-corrected chi connectivity index (χ2v) is 5.61. The van der Waals surface area contributed by atoms with E-state index in [0.29, 0.717) is 21.9 Å². The molecule has 0 N–H and O–H groups in total. The highest BCUT2D eigenvalue weighted by Gasteiger charge is 2.07. The third kappa shape index (κ3) is 4.58. The molecular formula is C19H17ClFNO. The lowest BCUT2D eigenvalue weighted by Gasteiger charge is -2.14. The molecule has 0 unspecified atom stereocenters. The number of nitrogens with zero attached hydrogens (tertiary/aromatic N) is 1. The summed E-state index contributed by atoms with van der Waals surface area (Å²) in [6, 6.07) is 13.4. The third-order valence-electron chi connectivity index (χ3n) is 3.43. The molecule has 0 aromatic heterocycles. The number of allylic oxidation sites excluding steroid dienone is 1. The van der Waals surface area contributed by atoms with Gasteiger partial charge in [-0.1, -0.05) is 36.7 Å². The summed E-state index contributed by atoms with van der Waals surface area (Å²) in [5.41, 5.74) is 1.66. The zero-order valence-corrected chi connectivity index (χ0v) is 13.8. The Morgan fingerprint density at radius 2 is 2.13 bits per heavy atom. The highest BCUT2D eigenvalue weighted by molar-refractivity contribution is 6.32. The lowest BCUT2D eigenvalue weighted by Crippen LogP contribution is -2.09. The van der Waals surface area contributed by atoms with E-state index in [1.807, 2.05) is 19.9 Å². The molecule has 0 amide bonds. The van der Waals surface area contributed by atoms with Gasteiger partial charge in [0.1, 0.15) is 11.6 Å². The van der Waals surface area contributed by atoms with Crippen LogP contribution in [0.3, 0.4) is 0 Å². The van der Waals surface area contributed by atoms with Gasteiger partial charge in [-0.3, -0.25) is 0 Å². The first-order valence-electron chi connectivity index (χ1n) is 7.37. The van der Waals surface area contributed by atoms with Gasteiger partial charge in [-0.05, 0) is 54.8 Å². The summed E-state index contributed by atoms with van der Waals surface area (Å²) in [7, 11) is 0. The summed E-state index contributed by atoms with van der Waals surface area (Å²) in [4.78, 5) is 0. The number of halogens is 2. The van der Waals surface area contributed by atoms with E-state index in [2.05, 4.69) is 6.07 Å². The fourth-order valence-corrected chi connectivity index (χ4v) is 2.24. The van der Waals surface area contributed by atoms with Crippen molar-refractivity contribution in [1.82, 2.24) is 0 Å². The number of hydrogen-bond acceptors (Lipinski definition) is 2. The van der Waals surface area contributed by atoms with Gasteiger partial charge in [-0.2, -0.15) is 5.26 Å². The van der Waals surface area contributed by atoms with Gasteiger partial charge >= 0.3 is 0 Å². The van der Waals surface area contributed by atoms with Crippen LogP contribution in [0.25, 0.3) is 11.6 Å². The molecule has 2 aromatic carbocycles. The number of rotatable bonds is 5. The van der Waals surface area contributed by atoms with E-state index in [9.17, 15) is 9.65 Å². The van der Waals surface area contributed by atoms with Crippen LogP contribution in [-0.4, -0.2) is 6.10 Å². The molecule has 2 nitrogen and oxygen atoms in total. The van der Waals surface area contributed by atoms with Crippen LogP contribution in [0.5, 0.6) is 5.75 Å². The minimum absolute atomic E-state index is 0.0795. The van der Waals surface area contributed by atoms with E-state index in [1.54, 1.807) is 30.3 Å². The van der Waals surface area contributed by atoms with Crippen molar-refractivity contribution >= 4 is 23.3 Å². The minimum Gasteiger partial charge on any atom is -0.489 e. The topological polar surface area (TPSA) is 33.0 Å². The van der Waals surface area contributed by atoms with Gasteiger partial charge in [0.25, 0.3) is 0 Å². The Bertz CT molecular complexity index is 764. The van der Waals surface area contributed by atoms with E-state index >= 15 is 0 Å². The van der Waals surface area contributed by atoms with E-state index in [-0.39, 0.29) is 11.9 Å². The molecule has 4 heteroatoms. The van der Waals surface area contributed by atoms with Crippen molar-refractivity contribution in [2.45, 2.75) is 26.4 Å². The standard InChI is InChI=1S/C19H17ClFNO/c1-3-13(2)23-19-8-7-14(10-18(19)20)9-16(12-22)15-5-4-6-17(21)11-15/h4-11,13H,3H2,1-2H3/b16-9-/t13-/m1/s1. The molecule has 2 rings (SSSR count). The molecule has 0 spiro atoms. The largest absolute Gasteiger partial charge is 0.489 e. The first-order chi connectivity index (χ1) is 11.0. The fourth-order valence-electron chi connectivity index (χ4n) is 2.01. The van der Waals surface area contributed by atoms with Crippen molar-refractivity contribution in [3.05, 3.63) is 64.4 Å². The van der Waals surface area contributed by atoms with Gasteiger partial charge in [-0.15, -0.1) is 0 Å². The highest BCUT2D eigenvalue weighted by Crippen LogP contribution is 2.28. The van der Waals surface area contributed by atoms with Crippen molar-refractivity contribution < 1.29 is 9.13 Å². The monoisotopic (exact) mass is 329 g/mol. The molecule has 0 bridgehead atoms. The van der Waals surface area contributed by atoms with Crippen molar-refractivity contribution in [1.29, 1.82) is 5.26 Å². The van der Waals surface area contributed by atoms with Crippen LogP contribution in [0.15, 0.2) is 42.5 Å². The molecule has 1 atom stereocenters. The molecule has 2 aromatic rings. The number of benzene rings is 2. The second-order valence-electron chi connectivity index (χ2n) is 5.21. The van der Waals surface area contributed by atoms with E-state index < -0.39 is 0 Å². The van der Waals surface area contributed by atoms with E-state index in [0.717, 1.165) is 12.0 Å². The molecule has 0 aliphatic rings. The molecule has 118 valence electrons. The van der Waals surface area contributed by atoms with Gasteiger partial charge < -0.3 is 4.74 Å². The molecule has 0 saturated heterocycles. The fraction of sp³-hybridized carbons (Fsp3) is 0.211. The Morgan fingerprint density at radius 1 is 1.35 bits per heavy atom. The van der Waals surface area contributed by atoms with Crippen molar-refractivity contribution in [3.8, 4) is 11.8 Å². The molecule has 0 heterocycles. The quantitative estimate of drug-likeness (QED) is 0.519. The average Bonchev–Trinajstić information content (AvgIpc) is 2.54. The first-order valence-corrected chi connectivity index (χ1v) is 7.75. The molecular weight excluding hydrogens is 313 g/mol. The molecule has 0 radical (unpaired) electrons. The number of ether oxygens (including phenoxy) is 1. The number of nitriles is 1. The Balaban J connectivity index is 2.31. The van der Waals surface area contributed by atoms with Crippen LogP contribution in [0.2, 0.25) is 5.02 Å². The Labute approximate surface area is 140 Å². The minimum atomic E-state index is -0.376. The van der Waals surface area contributed by atoms with Crippen molar-refractivity contribution in [2.75, 3.05) is 0 Å². The van der Waals surface area contributed by atoms with E-state index in [1.165, 1.54) is 12.1 Å². The van der Waals surface area contributed by atoms with Crippen LogP contribution in [0, 0.1) is 17.1 Å². The Morgan fingerprint density at radius 3 is 2.74 bits per heavy atom. The number of hydrogen-bond donors (Lipinski definition) is 0. The summed E-state index contributed by atoms with van der Waals surface area (Å²) < 4.78 is 19.0. The van der Waals surface area contributed by atoms with Crippen LogP contribution < -0.4 is 4.74 Å². The van der Waals surface area contributed by atoms with Gasteiger partial charge in [0.05, 0.1) is 22.8 Å². The van der Waals surface area contributed by atoms with E-state index in [4.69, 9.17) is 16.3 Å². The molecule has 0 aliphatic heterocycles. The lowest BCUT2D eigenvalue weighted by atomic mass is 10.0. The highest BCUT2D eigenvalue weighted by atomic mass is 35.5. The maximum atomic E-state index is 13.3. The average molecular weight is 330 g/mol. The zero-order valence-electron chi connectivity index (χ0n) is 13.0. The molecule has 23 heavy (non-hydrogen) atoms. The summed E-state index contributed by atoms with van der Waals surface area (Å²) in [6.45, 7) is 4.01. The van der Waals surface area contributed by atoms with Gasteiger partial charge in [-0.25, -0.2) is 4.39 Å². The van der Waals surface area contributed by atoms with Crippen molar-refractivity contribution in [2.24, 2.45) is 0 Å². The van der Waals surface area contributed by atoms with Crippen LogP contribution >= 0.6 is 11.6 Å². The van der Waals surface area contributed by atoms with Crippen molar-refractivity contribution in [3.63, 3.8) is 0 Å². The van der Waals surface area contributed by atoms with Crippen LogP contribution in [-0.2, 0) is 0 Å². The van der Waals surface area contributed by atoms with Crippen LogP contribution in [0.4, 0.5) is 4.39 Å². The summed E-state index contributed by atoms with van der Waals surface area (Å²) in [5.74, 6) is 0.237. The third-order valence-corrected chi connectivity index (χ3v) is 3.72. The first kappa shape index (κ1) is 17.1. The Hall–Kier alpha value is -2.31. The lowest BCUT2D eigenvalue weighted by molar-refractivity contribution is 0.217. The zero-order chi connectivity index (χ0) is 16.8. The Kier molecular flexibility index (Phi) is 5.78. The SMILES string of the molecule is CC[C@@H](C)Oc1ccc(/C=C(/C#N)c2cccc(F)c2)cc1Cl. The summed E-state index contributed by atoms with van der Waals surface area (Å²) in [6.07, 6.45) is 2.64. The summed E-state index contributed by atoms with van der Waals surface area (Å²) >= 11 is 6.23. The normalized spacial score (nSPS) is 12.6. The maximum Gasteiger partial charge on any atom is 0.138 e.